The van der Waals surface area contributed by atoms with Gasteiger partial charge in [-0.1, -0.05) is 19.3 Å². The van der Waals surface area contributed by atoms with Crippen molar-refractivity contribution in [1.29, 1.82) is 5.26 Å². The predicted molar refractivity (Wildman–Crippen MR) is 94.1 cm³/mol. The quantitative estimate of drug-likeness (QED) is 0.425. The van der Waals surface area contributed by atoms with Gasteiger partial charge in [0.15, 0.2) is 12.4 Å². The lowest BCUT2D eigenvalue weighted by Gasteiger charge is -2.38. The molecule has 27 heavy (non-hydrogen) atoms. The summed E-state index contributed by atoms with van der Waals surface area (Å²) < 4.78 is 9.87. The summed E-state index contributed by atoms with van der Waals surface area (Å²) in [6.45, 7) is -0.543. The number of nitro groups is 1. The van der Waals surface area contributed by atoms with Crippen LogP contribution in [0.15, 0.2) is 18.2 Å². The van der Waals surface area contributed by atoms with Crippen molar-refractivity contribution in [1.82, 2.24) is 4.90 Å². The summed E-state index contributed by atoms with van der Waals surface area (Å²) in [7, 11) is 2.81. The number of carbonyl (C=O) groups is 2. The zero-order chi connectivity index (χ0) is 20.0. The van der Waals surface area contributed by atoms with E-state index in [2.05, 4.69) is 6.07 Å². The molecule has 0 aliphatic heterocycles. The van der Waals surface area contributed by atoms with E-state index in [-0.39, 0.29) is 17.0 Å². The third-order valence-corrected chi connectivity index (χ3v) is 4.84. The highest BCUT2D eigenvalue weighted by Gasteiger charge is 2.39. The lowest BCUT2D eigenvalue weighted by Crippen LogP contribution is -2.51. The number of nitro benzene ring substituents is 1. The molecule has 0 aromatic heterocycles. The number of amides is 1. The van der Waals surface area contributed by atoms with Crippen molar-refractivity contribution >= 4 is 17.6 Å². The fourth-order valence-electron chi connectivity index (χ4n) is 3.16. The van der Waals surface area contributed by atoms with Gasteiger partial charge in [0.1, 0.15) is 5.54 Å². The number of nitriles is 1. The van der Waals surface area contributed by atoms with Gasteiger partial charge in [0, 0.05) is 13.1 Å². The number of ether oxygens (including phenoxy) is 2. The highest BCUT2D eigenvalue weighted by atomic mass is 16.6. The average Bonchev–Trinajstić information content (AvgIpc) is 2.70. The predicted octanol–water partition coefficient (Wildman–Crippen LogP) is 2.45. The van der Waals surface area contributed by atoms with Crippen LogP contribution in [0.4, 0.5) is 5.69 Å². The van der Waals surface area contributed by atoms with E-state index in [9.17, 15) is 25.0 Å². The van der Waals surface area contributed by atoms with Gasteiger partial charge in [-0.3, -0.25) is 14.9 Å². The number of carbonyl (C=O) groups excluding carboxylic acids is 2. The molecule has 0 bridgehead atoms. The first-order chi connectivity index (χ1) is 12.8. The number of esters is 1. The Bertz CT molecular complexity index is 780. The molecule has 1 aromatic rings. The minimum absolute atomic E-state index is 0.0145. The van der Waals surface area contributed by atoms with Crippen LogP contribution in [0.5, 0.6) is 5.75 Å². The van der Waals surface area contributed by atoms with Gasteiger partial charge in [0.05, 0.1) is 23.7 Å². The van der Waals surface area contributed by atoms with Crippen molar-refractivity contribution < 1.29 is 24.0 Å². The van der Waals surface area contributed by atoms with E-state index in [4.69, 9.17) is 9.47 Å². The van der Waals surface area contributed by atoms with Gasteiger partial charge in [-0.25, -0.2) is 4.79 Å². The minimum Gasteiger partial charge on any atom is -0.490 e. The maximum atomic E-state index is 12.4. The molecule has 0 unspecified atom stereocenters. The first-order valence-corrected chi connectivity index (χ1v) is 8.52. The Morgan fingerprint density at radius 2 is 2.00 bits per heavy atom. The summed E-state index contributed by atoms with van der Waals surface area (Å²) in [4.78, 5) is 36.2. The Balaban J connectivity index is 2.04. The summed E-state index contributed by atoms with van der Waals surface area (Å²) in [6.07, 6.45) is 3.92. The Labute approximate surface area is 156 Å². The van der Waals surface area contributed by atoms with Gasteiger partial charge < -0.3 is 14.4 Å². The first kappa shape index (κ1) is 20.2. The van der Waals surface area contributed by atoms with Crippen molar-refractivity contribution in [3.63, 3.8) is 0 Å². The van der Waals surface area contributed by atoms with Crippen LogP contribution in [0.1, 0.15) is 42.5 Å². The van der Waals surface area contributed by atoms with E-state index in [0.29, 0.717) is 12.8 Å². The molecule has 0 atom stereocenters. The van der Waals surface area contributed by atoms with E-state index in [1.807, 2.05) is 0 Å². The smallest absolute Gasteiger partial charge is 0.338 e. The van der Waals surface area contributed by atoms with Crippen molar-refractivity contribution in [3.05, 3.63) is 33.9 Å². The fraction of sp³-hybridized carbons (Fsp3) is 0.500. The number of likely N-dealkylation sites (N-methyl/N-ethyl adjacent to an activating group) is 1. The van der Waals surface area contributed by atoms with E-state index in [1.54, 1.807) is 0 Å². The normalized spacial score (nSPS) is 15.3. The molecular formula is C18H21N3O6. The third-order valence-electron chi connectivity index (χ3n) is 4.84. The van der Waals surface area contributed by atoms with Crippen LogP contribution in [-0.2, 0) is 9.53 Å². The van der Waals surface area contributed by atoms with E-state index in [1.165, 1.54) is 31.2 Å². The number of nitrogens with zero attached hydrogens (tertiary/aromatic N) is 3. The molecule has 1 amide bonds. The molecule has 0 saturated heterocycles. The molecule has 0 heterocycles. The molecule has 0 N–H and O–H groups in total. The van der Waals surface area contributed by atoms with E-state index >= 15 is 0 Å². The van der Waals surface area contributed by atoms with Crippen LogP contribution in [-0.4, -0.2) is 48.0 Å². The number of hydrogen-bond acceptors (Lipinski definition) is 7. The number of rotatable bonds is 6. The molecule has 1 aliphatic rings. The van der Waals surface area contributed by atoms with Crippen LogP contribution < -0.4 is 4.74 Å². The molecule has 144 valence electrons. The number of methoxy groups -OCH3 is 1. The Hall–Kier alpha value is -3.15. The summed E-state index contributed by atoms with van der Waals surface area (Å²) in [5, 5.41) is 20.6. The second-order valence-corrected chi connectivity index (χ2v) is 6.38. The number of benzene rings is 1. The van der Waals surface area contributed by atoms with Crippen molar-refractivity contribution in [2.45, 2.75) is 37.6 Å². The highest BCUT2D eigenvalue weighted by Crippen LogP contribution is 2.32. The standard InChI is InChI=1S/C18H21N3O6/c1-20(18(12-19)8-4-3-5-9-18)16(22)11-27-17(23)13-6-7-15(26-2)14(10-13)21(24)25/h6-7,10H,3-5,8-9,11H2,1-2H3. The highest BCUT2D eigenvalue weighted by molar-refractivity contribution is 5.92. The van der Waals surface area contributed by atoms with E-state index in [0.717, 1.165) is 25.3 Å². The van der Waals surface area contributed by atoms with Crippen LogP contribution in [0, 0.1) is 21.4 Å². The zero-order valence-corrected chi connectivity index (χ0v) is 15.3. The second-order valence-electron chi connectivity index (χ2n) is 6.38. The SMILES string of the molecule is COc1ccc(C(=O)OCC(=O)N(C)C2(C#N)CCCCC2)cc1[N+](=O)[O-]. The van der Waals surface area contributed by atoms with Crippen molar-refractivity contribution in [2.75, 3.05) is 20.8 Å². The lowest BCUT2D eigenvalue weighted by molar-refractivity contribution is -0.385. The summed E-state index contributed by atoms with van der Waals surface area (Å²) >= 11 is 0. The molecular weight excluding hydrogens is 354 g/mol. The molecule has 9 heteroatoms. The second kappa shape index (κ2) is 8.49. The summed E-state index contributed by atoms with van der Waals surface area (Å²) in [6, 6.07) is 5.87. The first-order valence-electron chi connectivity index (χ1n) is 8.52. The molecule has 1 fully saturated rings. The maximum Gasteiger partial charge on any atom is 0.338 e. The van der Waals surface area contributed by atoms with Gasteiger partial charge in [-0.15, -0.1) is 0 Å². The van der Waals surface area contributed by atoms with Gasteiger partial charge in [0.25, 0.3) is 5.91 Å². The molecule has 9 nitrogen and oxygen atoms in total. The minimum atomic E-state index is -0.874. The van der Waals surface area contributed by atoms with Crippen molar-refractivity contribution in [2.24, 2.45) is 0 Å². The van der Waals surface area contributed by atoms with Crippen LogP contribution in [0.2, 0.25) is 0 Å². The summed E-state index contributed by atoms with van der Waals surface area (Å²) in [5.41, 5.74) is -1.31. The Morgan fingerprint density at radius 3 is 2.56 bits per heavy atom. The molecule has 0 radical (unpaired) electrons. The van der Waals surface area contributed by atoms with Gasteiger partial charge in [-0.05, 0) is 25.0 Å². The maximum absolute atomic E-state index is 12.4. The fourth-order valence-corrected chi connectivity index (χ4v) is 3.16. The van der Waals surface area contributed by atoms with Crippen LogP contribution in [0.25, 0.3) is 0 Å². The van der Waals surface area contributed by atoms with Gasteiger partial charge >= 0.3 is 11.7 Å². The molecule has 1 aliphatic carbocycles. The molecule has 0 spiro atoms. The van der Waals surface area contributed by atoms with Gasteiger partial charge in [0.2, 0.25) is 0 Å². The molecule has 1 saturated carbocycles. The van der Waals surface area contributed by atoms with Crippen LogP contribution in [0.3, 0.4) is 0 Å². The van der Waals surface area contributed by atoms with Crippen molar-refractivity contribution in [3.8, 4) is 11.8 Å². The van der Waals surface area contributed by atoms with E-state index < -0.39 is 28.9 Å². The Morgan fingerprint density at radius 1 is 1.33 bits per heavy atom. The number of hydrogen-bond donors (Lipinski definition) is 0. The topological polar surface area (TPSA) is 123 Å². The lowest BCUT2D eigenvalue weighted by atomic mass is 9.81. The monoisotopic (exact) mass is 375 g/mol. The summed E-state index contributed by atoms with van der Waals surface area (Å²) in [5.74, 6) is -1.34. The zero-order valence-electron chi connectivity index (χ0n) is 15.3. The Kier molecular flexibility index (Phi) is 6.34. The third kappa shape index (κ3) is 4.34. The molecule has 1 aromatic carbocycles. The molecule has 2 rings (SSSR count). The van der Waals surface area contributed by atoms with Crippen LogP contribution >= 0.6 is 0 Å². The largest absolute Gasteiger partial charge is 0.490 e. The average molecular weight is 375 g/mol. The van der Waals surface area contributed by atoms with Gasteiger partial charge in [-0.2, -0.15) is 5.26 Å².